The van der Waals surface area contributed by atoms with E-state index in [0.29, 0.717) is 6.04 Å². The van der Waals surface area contributed by atoms with Gasteiger partial charge in [0.2, 0.25) is 0 Å². The van der Waals surface area contributed by atoms with Crippen LogP contribution in [-0.4, -0.2) is 9.55 Å². The third-order valence-electron chi connectivity index (χ3n) is 2.86. The Kier molecular flexibility index (Phi) is 4.82. The first-order chi connectivity index (χ1) is 7.16. The summed E-state index contributed by atoms with van der Waals surface area (Å²) in [5.41, 5.74) is 7.03. The molecule has 0 fully saturated rings. The van der Waals surface area contributed by atoms with Gasteiger partial charge in [-0.25, -0.2) is 4.98 Å². The van der Waals surface area contributed by atoms with Gasteiger partial charge in [-0.1, -0.05) is 26.2 Å². The smallest absolute Gasteiger partial charge is 0.0951 e. The Hall–Kier alpha value is -0.830. The average molecular weight is 209 g/mol. The summed E-state index contributed by atoms with van der Waals surface area (Å²) in [5, 5.41) is 0. The fourth-order valence-corrected chi connectivity index (χ4v) is 1.86. The summed E-state index contributed by atoms with van der Waals surface area (Å²) in [6.07, 6.45) is 8.86. The van der Waals surface area contributed by atoms with Gasteiger partial charge in [0.05, 0.1) is 12.0 Å². The molecule has 1 aromatic rings. The zero-order valence-electron chi connectivity index (χ0n) is 10.1. The van der Waals surface area contributed by atoms with Crippen LogP contribution in [0.3, 0.4) is 0 Å². The van der Waals surface area contributed by atoms with Gasteiger partial charge in [-0.15, -0.1) is 0 Å². The van der Waals surface area contributed by atoms with Gasteiger partial charge in [0.1, 0.15) is 0 Å². The summed E-state index contributed by atoms with van der Waals surface area (Å²) < 4.78 is 2.21. The van der Waals surface area contributed by atoms with E-state index in [-0.39, 0.29) is 6.04 Å². The minimum Gasteiger partial charge on any atom is -0.330 e. The van der Waals surface area contributed by atoms with E-state index in [4.69, 9.17) is 5.73 Å². The van der Waals surface area contributed by atoms with Crippen LogP contribution in [-0.2, 0) is 0 Å². The summed E-state index contributed by atoms with van der Waals surface area (Å²) in [7, 11) is 0. The highest BCUT2D eigenvalue weighted by atomic mass is 15.1. The molecule has 0 spiro atoms. The van der Waals surface area contributed by atoms with Crippen LogP contribution < -0.4 is 5.73 Å². The highest BCUT2D eigenvalue weighted by Gasteiger charge is 2.11. The second kappa shape index (κ2) is 5.91. The lowest BCUT2D eigenvalue weighted by atomic mass is 10.1. The standard InChI is InChI=1S/C12H23N3/c1-4-5-6-7-10(2)15-9-14-8-12(15)11(3)13/h8-11H,4-7,13H2,1-3H3. The maximum Gasteiger partial charge on any atom is 0.0951 e. The molecule has 0 amide bonds. The quantitative estimate of drug-likeness (QED) is 0.732. The molecule has 2 unspecified atom stereocenters. The Labute approximate surface area is 92.7 Å². The predicted octanol–water partition coefficient (Wildman–Crippen LogP) is 3.04. The van der Waals surface area contributed by atoms with Crippen molar-refractivity contribution in [3.05, 3.63) is 18.2 Å². The Morgan fingerprint density at radius 1 is 1.40 bits per heavy atom. The summed E-state index contributed by atoms with van der Waals surface area (Å²) in [5.74, 6) is 0. The third kappa shape index (κ3) is 3.34. The molecule has 3 heteroatoms. The summed E-state index contributed by atoms with van der Waals surface area (Å²) in [4.78, 5) is 4.18. The van der Waals surface area contributed by atoms with Gasteiger partial charge >= 0.3 is 0 Å². The van der Waals surface area contributed by atoms with E-state index < -0.39 is 0 Å². The molecule has 1 aromatic heterocycles. The fraction of sp³-hybridized carbons (Fsp3) is 0.750. The Bertz CT molecular complexity index is 278. The van der Waals surface area contributed by atoms with E-state index in [0.717, 1.165) is 5.69 Å². The lowest BCUT2D eigenvalue weighted by Gasteiger charge is -2.18. The highest BCUT2D eigenvalue weighted by Crippen LogP contribution is 2.20. The first-order valence-electron chi connectivity index (χ1n) is 5.94. The molecule has 0 radical (unpaired) electrons. The van der Waals surface area contributed by atoms with Crippen LogP contribution in [0.4, 0.5) is 0 Å². The molecule has 0 aliphatic rings. The molecule has 0 aromatic carbocycles. The van der Waals surface area contributed by atoms with Crippen LogP contribution in [0.2, 0.25) is 0 Å². The number of aromatic nitrogens is 2. The van der Waals surface area contributed by atoms with E-state index in [9.17, 15) is 0 Å². The monoisotopic (exact) mass is 209 g/mol. The maximum atomic E-state index is 5.89. The number of unbranched alkanes of at least 4 members (excludes halogenated alkanes) is 2. The van der Waals surface area contributed by atoms with Crippen molar-refractivity contribution in [1.29, 1.82) is 0 Å². The van der Waals surface area contributed by atoms with Crippen molar-refractivity contribution in [2.75, 3.05) is 0 Å². The van der Waals surface area contributed by atoms with Gasteiger partial charge in [-0.05, 0) is 20.3 Å². The molecule has 15 heavy (non-hydrogen) atoms. The van der Waals surface area contributed by atoms with Gasteiger partial charge in [0.15, 0.2) is 0 Å². The predicted molar refractivity (Wildman–Crippen MR) is 63.7 cm³/mol. The molecular weight excluding hydrogens is 186 g/mol. The van der Waals surface area contributed by atoms with Crippen molar-refractivity contribution in [3.8, 4) is 0 Å². The van der Waals surface area contributed by atoms with E-state index in [1.165, 1.54) is 25.7 Å². The Balaban J connectivity index is 2.56. The number of imidazole rings is 1. The molecule has 0 saturated carbocycles. The second-order valence-electron chi connectivity index (χ2n) is 4.36. The van der Waals surface area contributed by atoms with E-state index >= 15 is 0 Å². The second-order valence-corrected chi connectivity index (χ2v) is 4.36. The highest BCUT2D eigenvalue weighted by molar-refractivity contribution is 5.04. The van der Waals surface area contributed by atoms with E-state index in [2.05, 4.69) is 23.4 Å². The molecule has 0 saturated heterocycles. The molecule has 0 bridgehead atoms. The van der Waals surface area contributed by atoms with Gasteiger partial charge in [-0.3, -0.25) is 0 Å². The number of hydrogen-bond acceptors (Lipinski definition) is 2. The molecule has 0 aliphatic carbocycles. The summed E-state index contributed by atoms with van der Waals surface area (Å²) in [6, 6.07) is 0.584. The van der Waals surface area contributed by atoms with Crippen molar-refractivity contribution in [2.24, 2.45) is 5.73 Å². The van der Waals surface area contributed by atoms with Gasteiger partial charge in [0, 0.05) is 18.3 Å². The molecule has 2 N–H and O–H groups in total. The zero-order chi connectivity index (χ0) is 11.3. The largest absolute Gasteiger partial charge is 0.330 e. The average Bonchev–Trinajstić information content (AvgIpc) is 2.66. The van der Waals surface area contributed by atoms with Crippen molar-refractivity contribution < 1.29 is 0 Å². The molecule has 86 valence electrons. The van der Waals surface area contributed by atoms with Crippen LogP contribution in [0.25, 0.3) is 0 Å². The van der Waals surface area contributed by atoms with Gasteiger partial charge < -0.3 is 10.3 Å². The van der Waals surface area contributed by atoms with Gasteiger partial charge in [0.25, 0.3) is 0 Å². The zero-order valence-corrected chi connectivity index (χ0v) is 10.1. The third-order valence-corrected chi connectivity index (χ3v) is 2.86. The summed E-state index contributed by atoms with van der Waals surface area (Å²) in [6.45, 7) is 6.48. The van der Waals surface area contributed by atoms with E-state index in [1.54, 1.807) is 0 Å². The van der Waals surface area contributed by atoms with Crippen molar-refractivity contribution in [1.82, 2.24) is 9.55 Å². The molecule has 2 atom stereocenters. The van der Waals surface area contributed by atoms with Crippen LogP contribution in [0, 0.1) is 0 Å². The number of hydrogen-bond donors (Lipinski definition) is 1. The molecule has 1 rings (SSSR count). The molecule has 1 heterocycles. The topological polar surface area (TPSA) is 43.8 Å². The minimum atomic E-state index is 0.0705. The number of rotatable bonds is 6. The first kappa shape index (κ1) is 12.2. The van der Waals surface area contributed by atoms with Crippen LogP contribution in [0.5, 0.6) is 0 Å². The van der Waals surface area contributed by atoms with Crippen molar-refractivity contribution in [3.63, 3.8) is 0 Å². The molecular formula is C12H23N3. The van der Waals surface area contributed by atoms with Crippen LogP contribution in [0.15, 0.2) is 12.5 Å². The SMILES string of the molecule is CCCCCC(C)n1cncc1C(C)N. The van der Waals surface area contributed by atoms with E-state index in [1.807, 2.05) is 19.4 Å². The number of nitrogens with zero attached hydrogens (tertiary/aromatic N) is 2. The Morgan fingerprint density at radius 2 is 2.13 bits per heavy atom. The molecule has 0 aliphatic heterocycles. The van der Waals surface area contributed by atoms with Crippen molar-refractivity contribution in [2.45, 2.75) is 58.5 Å². The lowest BCUT2D eigenvalue weighted by Crippen LogP contribution is -2.14. The normalized spacial score (nSPS) is 15.2. The van der Waals surface area contributed by atoms with Crippen LogP contribution >= 0.6 is 0 Å². The maximum absolute atomic E-state index is 5.89. The molecule has 3 nitrogen and oxygen atoms in total. The Morgan fingerprint density at radius 3 is 2.73 bits per heavy atom. The summed E-state index contributed by atoms with van der Waals surface area (Å²) >= 11 is 0. The lowest BCUT2D eigenvalue weighted by molar-refractivity contribution is 0.457. The van der Waals surface area contributed by atoms with Crippen molar-refractivity contribution >= 4 is 0 Å². The van der Waals surface area contributed by atoms with Gasteiger partial charge in [-0.2, -0.15) is 0 Å². The minimum absolute atomic E-state index is 0.0705. The number of nitrogens with two attached hydrogens (primary N) is 1. The fourth-order valence-electron chi connectivity index (χ4n) is 1.86. The first-order valence-corrected chi connectivity index (χ1v) is 5.94. The van der Waals surface area contributed by atoms with Crippen LogP contribution in [0.1, 0.15) is 64.2 Å².